The number of allylic oxidation sites excluding steroid dienone is 4. The van der Waals surface area contributed by atoms with Gasteiger partial charge in [0.25, 0.3) is 0 Å². The van der Waals surface area contributed by atoms with Crippen LogP contribution in [0, 0.1) is 0 Å². The number of carboxylic acid groups (broad SMARTS) is 1. The van der Waals surface area contributed by atoms with Gasteiger partial charge in [0.05, 0.1) is 12.7 Å². The van der Waals surface area contributed by atoms with Gasteiger partial charge in [0.2, 0.25) is 0 Å². The molecule has 1 aromatic heterocycles. The van der Waals surface area contributed by atoms with Crippen molar-refractivity contribution in [3.8, 4) is 5.75 Å². The summed E-state index contributed by atoms with van der Waals surface area (Å²) in [6.07, 6.45) is 0.102. The van der Waals surface area contributed by atoms with E-state index in [9.17, 15) is 27.9 Å². The van der Waals surface area contributed by atoms with Crippen molar-refractivity contribution in [1.82, 2.24) is 4.57 Å². The van der Waals surface area contributed by atoms with E-state index in [4.69, 9.17) is 4.74 Å². The Labute approximate surface area is 181 Å². The standard InChI is InChI=1S/C24H18F3NO4/c1-32-16-9-6-14(7-10-16)13-28-19-11-8-15(24(25,26)27)12-18(19)21(22(28)23(30)31)17-4-2-3-5-20(17)29/h2-4,6-12H,5,13H2,1H3,(H,30,31). The molecule has 2 aromatic carbocycles. The number of carbonyl (C=O) groups is 2. The highest BCUT2D eigenvalue weighted by molar-refractivity contribution is 6.27. The molecule has 3 aromatic rings. The van der Waals surface area contributed by atoms with Crippen LogP contribution < -0.4 is 4.74 Å². The van der Waals surface area contributed by atoms with Crippen molar-refractivity contribution in [1.29, 1.82) is 0 Å². The Morgan fingerprint density at radius 3 is 2.47 bits per heavy atom. The fourth-order valence-electron chi connectivity index (χ4n) is 3.87. The van der Waals surface area contributed by atoms with Gasteiger partial charge in [-0.1, -0.05) is 30.4 Å². The number of methoxy groups -OCH3 is 1. The number of alkyl halides is 3. The highest BCUT2D eigenvalue weighted by Gasteiger charge is 2.33. The van der Waals surface area contributed by atoms with Crippen LogP contribution in [0.25, 0.3) is 16.5 Å². The molecule has 0 radical (unpaired) electrons. The first-order chi connectivity index (χ1) is 15.2. The summed E-state index contributed by atoms with van der Waals surface area (Å²) >= 11 is 0. The molecule has 4 rings (SSSR count). The van der Waals surface area contributed by atoms with Crippen molar-refractivity contribution in [3.63, 3.8) is 0 Å². The maximum absolute atomic E-state index is 13.4. The Hall–Kier alpha value is -3.81. The average Bonchev–Trinajstić information content (AvgIpc) is 3.07. The van der Waals surface area contributed by atoms with Crippen LogP contribution in [0.5, 0.6) is 5.75 Å². The molecule has 0 bridgehead atoms. The second-order valence-electron chi connectivity index (χ2n) is 7.33. The minimum absolute atomic E-state index is 0.00135. The molecule has 1 aliphatic carbocycles. The second-order valence-corrected chi connectivity index (χ2v) is 7.33. The van der Waals surface area contributed by atoms with E-state index in [1.54, 1.807) is 36.4 Å². The molecule has 164 valence electrons. The molecule has 0 saturated carbocycles. The highest BCUT2D eigenvalue weighted by Crippen LogP contribution is 2.38. The predicted molar refractivity (Wildman–Crippen MR) is 113 cm³/mol. The molecule has 0 unspecified atom stereocenters. The number of carboxylic acids is 1. The van der Waals surface area contributed by atoms with Crippen molar-refractivity contribution in [2.75, 3.05) is 7.11 Å². The van der Waals surface area contributed by atoms with Crippen LogP contribution in [0.15, 0.2) is 60.7 Å². The smallest absolute Gasteiger partial charge is 0.416 e. The summed E-state index contributed by atoms with van der Waals surface area (Å²) in [5.41, 5.74) is -0.0386. The molecule has 0 aliphatic heterocycles. The molecule has 1 N–H and O–H groups in total. The fraction of sp³-hybridized carbons (Fsp3) is 0.167. The van der Waals surface area contributed by atoms with Crippen molar-refractivity contribution < 1.29 is 32.6 Å². The summed E-state index contributed by atoms with van der Waals surface area (Å²) in [6.45, 7) is 0.0881. The van der Waals surface area contributed by atoms with Gasteiger partial charge in [-0.25, -0.2) is 4.79 Å². The third-order valence-electron chi connectivity index (χ3n) is 5.37. The lowest BCUT2D eigenvalue weighted by atomic mass is 9.93. The topological polar surface area (TPSA) is 68.5 Å². The molecule has 0 fully saturated rings. The summed E-state index contributed by atoms with van der Waals surface area (Å²) in [7, 11) is 1.52. The Morgan fingerprint density at radius 1 is 1.16 bits per heavy atom. The molecule has 0 spiro atoms. The number of nitrogens with zero attached hydrogens (tertiary/aromatic N) is 1. The van der Waals surface area contributed by atoms with Gasteiger partial charge in [-0.2, -0.15) is 13.2 Å². The number of hydrogen-bond donors (Lipinski definition) is 1. The number of rotatable bonds is 5. The van der Waals surface area contributed by atoms with E-state index in [0.29, 0.717) is 11.3 Å². The summed E-state index contributed by atoms with van der Waals surface area (Å²) in [5.74, 6) is -1.07. The molecule has 5 nitrogen and oxygen atoms in total. The zero-order chi connectivity index (χ0) is 23.0. The number of fused-ring (bicyclic) bond motifs is 1. The number of ketones is 1. The summed E-state index contributed by atoms with van der Waals surface area (Å²) in [6, 6.07) is 9.99. The fourth-order valence-corrected chi connectivity index (χ4v) is 3.87. The molecule has 1 heterocycles. The SMILES string of the molecule is COc1ccc(Cn2c(C(=O)O)c(C3=CC=CCC3=O)c3cc(C(F)(F)F)ccc32)cc1. The monoisotopic (exact) mass is 441 g/mol. The van der Waals surface area contributed by atoms with Crippen LogP contribution in [0.1, 0.15) is 33.6 Å². The minimum Gasteiger partial charge on any atom is -0.497 e. The molecule has 0 atom stereocenters. The first kappa shape index (κ1) is 21.4. The highest BCUT2D eigenvalue weighted by atomic mass is 19.4. The first-order valence-electron chi connectivity index (χ1n) is 9.70. The van der Waals surface area contributed by atoms with Crippen LogP contribution in [-0.4, -0.2) is 28.5 Å². The first-order valence-corrected chi connectivity index (χ1v) is 9.70. The molecule has 0 amide bonds. The van der Waals surface area contributed by atoms with Crippen LogP contribution in [0.2, 0.25) is 0 Å². The molecule has 8 heteroatoms. The number of benzene rings is 2. The van der Waals surface area contributed by atoms with Crippen LogP contribution in [0.4, 0.5) is 13.2 Å². The van der Waals surface area contributed by atoms with Gasteiger partial charge in [0.1, 0.15) is 11.4 Å². The maximum Gasteiger partial charge on any atom is 0.416 e. The van der Waals surface area contributed by atoms with Gasteiger partial charge in [-0.3, -0.25) is 4.79 Å². The summed E-state index contributed by atoms with van der Waals surface area (Å²) in [5, 5.41) is 10.1. The largest absolute Gasteiger partial charge is 0.497 e. The third-order valence-corrected chi connectivity index (χ3v) is 5.37. The lowest BCUT2D eigenvalue weighted by Crippen LogP contribution is -2.13. The number of hydrogen-bond acceptors (Lipinski definition) is 3. The Balaban J connectivity index is 2.01. The number of aromatic nitrogens is 1. The van der Waals surface area contributed by atoms with Gasteiger partial charge < -0.3 is 14.4 Å². The Morgan fingerprint density at radius 2 is 1.88 bits per heavy atom. The van der Waals surface area contributed by atoms with E-state index in [2.05, 4.69) is 0 Å². The van der Waals surface area contributed by atoms with Gasteiger partial charge in [0.15, 0.2) is 5.78 Å². The van der Waals surface area contributed by atoms with Crippen molar-refractivity contribution >= 4 is 28.2 Å². The molecule has 32 heavy (non-hydrogen) atoms. The quantitative estimate of drug-likeness (QED) is 0.581. The van der Waals surface area contributed by atoms with E-state index in [1.807, 2.05) is 0 Å². The third kappa shape index (κ3) is 3.79. The number of aromatic carboxylic acids is 1. The molecule has 0 saturated heterocycles. The normalized spacial score (nSPS) is 14.0. The van der Waals surface area contributed by atoms with Gasteiger partial charge >= 0.3 is 12.1 Å². The second kappa shape index (κ2) is 8.03. The minimum atomic E-state index is -4.61. The van der Waals surface area contributed by atoms with E-state index >= 15 is 0 Å². The maximum atomic E-state index is 13.4. The molecule has 1 aliphatic rings. The number of Topliss-reactive ketones (excluding diaryl/α,β-unsaturated/α-hetero) is 1. The van der Waals surface area contributed by atoms with E-state index < -0.39 is 17.7 Å². The Kier molecular flexibility index (Phi) is 5.38. The van der Waals surface area contributed by atoms with E-state index in [-0.39, 0.29) is 41.0 Å². The van der Waals surface area contributed by atoms with Crippen molar-refractivity contribution in [2.45, 2.75) is 19.1 Å². The van der Waals surface area contributed by atoms with E-state index in [1.165, 1.54) is 23.8 Å². The van der Waals surface area contributed by atoms with Crippen molar-refractivity contribution in [3.05, 3.63) is 83.1 Å². The van der Waals surface area contributed by atoms with Gasteiger partial charge in [-0.15, -0.1) is 0 Å². The molecular formula is C24H18F3NO4. The zero-order valence-corrected chi connectivity index (χ0v) is 16.9. The van der Waals surface area contributed by atoms with Gasteiger partial charge in [0, 0.05) is 35.0 Å². The predicted octanol–water partition coefficient (Wildman–Crippen LogP) is 5.33. The average molecular weight is 441 g/mol. The summed E-state index contributed by atoms with van der Waals surface area (Å²) in [4.78, 5) is 24.9. The van der Waals surface area contributed by atoms with Crippen LogP contribution >= 0.6 is 0 Å². The van der Waals surface area contributed by atoms with E-state index in [0.717, 1.165) is 17.7 Å². The molecular weight excluding hydrogens is 423 g/mol. The number of carbonyl (C=O) groups excluding carboxylic acids is 1. The van der Waals surface area contributed by atoms with Gasteiger partial charge in [-0.05, 0) is 35.9 Å². The number of ether oxygens (including phenoxy) is 1. The van der Waals surface area contributed by atoms with Crippen molar-refractivity contribution in [2.24, 2.45) is 0 Å². The van der Waals surface area contributed by atoms with Crippen LogP contribution in [-0.2, 0) is 17.5 Å². The van der Waals surface area contributed by atoms with Crippen LogP contribution in [0.3, 0.4) is 0 Å². The Bertz CT molecular complexity index is 1280. The lowest BCUT2D eigenvalue weighted by Gasteiger charge is -2.12. The summed E-state index contributed by atoms with van der Waals surface area (Å²) < 4.78 is 46.8. The number of halogens is 3. The zero-order valence-electron chi connectivity index (χ0n) is 16.9. The lowest BCUT2D eigenvalue weighted by molar-refractivity contribution is -0.137.